The second kappa shape index (κ2) is 3.45. The molecule has 2 rings (SSSR count). The zero-order valence-corrected chi connectivity index (χ0v) is 7.37. The van der Waals surface area contributed by atoms with Crippen molar-refractivity contribution < 1.29 is 4.74 Å². The van der Waals surface area contributed by atoms with Crippen molar-refractivity contribution in [2.24, 2.45) is 0 Å². The molecule has 0 bridgehead atoms. The second-order valence-corrected chi connectivity index (χ2v) is 2.74. The molecule has 1 aromatic carbocycles. The largest absolute Gasteiger partial charge is 0.365 e. The number of hydrogen-bond donors (Lipinski definition) is 2. The number of benzene rings is 1. The van der Waals surface area contributed by atoms with Gasteiger partial charge in [0.2, 0.25) is 0 Å². The maximum atomic E-state index is 4.90. The first-order valence-electron chi connectivity index (χ1n) is 4.06. The predicted octanol–water partition coefficient (Wildman–Crippen LogP) is 1.58. The van der Waals surface area contributed by atoms with Crippen LogP contribution in [-0.4, -0.2) is 23.8 Å². The van der Waals surface area contributed by atoms with Gasteiger partial charge < -0.3 is 15.0 Å². The predicted molar refractivity (Wildman–Crippen MR) is 51.6 cm³/mol. The molecule has 1 heterocycles. The first-order chi connectivity index (χ1) is 6.40. The molecule has 1 aromatic heterocycles. The highest BCUT2D eigenvalue weighted by atomic mass is 16.5. The number of imidazole rings is 1. The van der Waals surface area contributed by atoms with E-state index in [4.69, 9.17) is 4.74 Å². The summed E-state index contributed by atoms with van der Waals surface area (Å²) in [4.78, 5) is 7.17. The van der Waals surface area contributed by atoms with Gasteiger partial charge in [0.15, 0.2) is 0 Å². The summed E-state index contributed by atoms with van der Waals surface area (Å²) in [6, 6.07) is 5.94. The number of nitrogens with zero attached hydrogens (tertiary/aromatic N) is 1. The SMILES string of the molecule is COCNc1ccc2nc[nH]c2c1. The van der Waals surface area contributed by atoms with E-state index < -0.39 is 0 Å². The second-order valence-electron chi connectivity index (χ2n) is 2.74. The van der Waals surface area contributed by atoms with E-state index in [2.05, 4.69) is 15.3 Å². The van der Waals surface area contributed by atoms with E-state index in [1.807, 2.05) is 18.2 Å². The summed E-state index contributed by atoms with van der Waals surface area (Å²) >= 11 is 0. The first kappa shape index (κ1) is 8.07. The highest BCUT2D eigenvalue weighted by molar-refractivity contribution is 5.78. The molecule has 0 aliphatic carbocycles. The van der Waals surface area contributed by atoms with Crippen LogP contribution in [0.5, 0.6) is 0 Å². The molecule has 0 unspecified atom stereocenters. The van der Waals surface area contributed by atoms with Crippen LogP contribution in [0.2, 0.25) is 0 Å². The average molecular weight is 177 g/mol. The van der Waals surface area contributed by atoms with Gasteiger partial charge in [0.05, 0.1) is 17.4 Å². The summed E-state index contributed by atoms with van der Waals surface area (Å²) in [5.74, 6) is 0. The Hall–Kier alpha value is -1.55. The summed E-state index contributed by atoms with van der Waals surface area (Å²) < 4.78 is 4.90. The molecule has 0 saturated heterocycles. The number of aromatic amines is 1. The Balaban J connectivity index is 2.26. The minimum Gasteiger partial charge on any atom is -0.365 e. The van der Waals surface area contributed by atoms with E-state index in [0.29, 0.717) is 6.73 Å². The van der Waals surface area contributed by atoms with Gasteiger partial charge in [-0.2, -0.15) is 0 Å². The molecule has 4 nitrogen and oxygen atoms in total. The molecule has 2 N–H and O–H groups in total. The number of fused-ring (bicyclic) bond motifs is 1. The summed E-state index contributed by atoms with van der Waals surface area (Å²) in [5, 5.41) is 3.11. The summed E-state index contributed by atoms with van der Waals surface area (Å²) in [6.07, 6.45) is 1.69. The molecule has 2 aromatic rings. The number of H-pyrrole nitrogens is 1. The van der Waals surface area contributed by atoms with Gasteiger partial charge in [-0.05, 0) is 18.2 Å². The molecular weight excluding hydrogens is 166 g/mol. The zero-order chi connectivity index (χ0) is 9.10. The summed E-state index contributed by atoms with van der Waals surface area (Å²) in [5.41, 5.74) is 3.03. The van der Waals surface area contributed by atoms with Crippen molar-refractivity contribution in [2.45, 2.75) is 0 Å². The van der Waals surface area contributed by atoms with Crippen molar-refractivity contribution >= 4 is 16.7 Å². The highest BCUT2D eigenvalue weighted by Gasteiger charge is 1.96. The minimum absolute atomic E-state index is 0.514. The Labute approximate surface area is 75.9 Å². The van der Waals surface area contributed by atoms with Crippen LogP contribution >= 0.6 is 0 Å². The van der Waals surface area contributed by atoms with E-state index in [1.165, 1.54) is 0 Å². The topological polar surface area (TPSA) is 49.9 Å². The van der Waals surface area contributed by atoms with Crippen LogP contribution in [0.4, 0.5) is 5.69 Å². The van der Waals surface area contributed by atoms with Crippen LogP contribution in [0.3, 0.4) is 0 Å². The maximum absolute atomic E-state index is 4.90. The zero-order valence-electron chi connectivity index (χ0n) is 7.37. The van der Waals surface area contributed by atoms with Gasteiger partial charge >= 0.3 is 0 Å². The van der Waals surface area contributed by atoms with E-state index in [0.717, 1.165) is 16.7 Å². The monoisotopic (exact) mass is 177 g/mol. The Kier molecular flexibility index (Phi) is 2.14. The smallest absolute Gasteiger partial charge is 0.116 e. The molecule has 0 fully saturated rings. The molecule has 13 heavy (non-hydrogen) atoms. The number of anilines is 1. The maximum Gasteiger partial charge on any atom is 0.116 e. The molecule has 4 heteroatoms. The molecule has 0 atom stereocenters. The Bertz CT molecular complexity index is 396. The molecule has 0 spiro atoms. The first-order valence-corrected chi connectivity index (χ1v) is 4.06. The molecule has 0 aliphatic rings. The average Bonchev–Trinajstić information content (AvgIpc) is 2.61. The highest BCUT2D eigenvalue weighted by Crippen LogP contribution is 2.14. The Morgan fingerprint density at radius 1 is 1.54 bits per heavy atom. The van der Waals surface area contributed by atoms with Crippen LogP contribution in [0, 0.1) is 0 Å². The van der Waals surface area contributed by atoms with Crippen LogP contribution in [0.25, 0.3) is 11.0 Å². The van der Waals surface area contributed by atoms with Gasteiger partial charge in [0.1, 0.15) is 6.73 Å². The third kappa shape index (κ3) is 1.62. The van der Waals surface area contributed by atoms with E-state index in [1.54, 1.807) is 13.4 Å². The van der Waals surface area contributed by atoms with E-state index >= 15 is 0 Å². The van der Waals surface area contributed by atoms with Gasteiger partial charge in [-0.15, -0.1) is 0 Å². The number of methoxy groups -OCH3 is 1. The Morgan fingerprint density at radius 3 is 3.31 bits per heavy atom. The number of ether oxygens (including phenoxy) is 1. The fraction of sp³-hybridized carbons (Fsp3) is 0.222. The van der Waals surface area contributed by atoms with Gasteiger partial charge in [0.25, 0.3) is 0 Å². The normalized spacial score (nSPS) is 10.5. The van der Waals surface area contributed by atoms with Crippen molar-refractivity contribution in [1.82, 2.24) is 9.97 Å². The lowest BCUT2D eigenvalue weighted by atomic mass is 10.3. The number of hydrogen-bond acceptors (Lipinski definition) is 3. The standard InChI is InChI=1S/C9H11N3O/c1-13-6-12-7-2-3-8-9(4-7)11-5-10-8/h2-5,12H,6H2,1H3,(H,10,11). The molecule has 0 amide bonds. The van der Waals surface area contributed by atoms with Crippen molar-refractivity contribution in [2.75, 3.05) is 19.2 Å². The van der Waals surface area contributed by atoms with Crippen molar-refractivity contribution in [3.63, 3.8) is 0 Å². The Morgan fingerprint density at radius 2 is 2.46 bits per heavy atom. The molecule has 0 aliphatic heterocycles. The third-order valence-corrected chi connectivity index (χ3v) is 1.84. The molecule has 68 valence electrons. The molecule has 0 saturated carbocycles. The molecule has 0 radical (unpaired) electrons. The van der Waals surface area contributed by atoms with Gasteiger partial charge in [-0.3, -0.25) is 0 Å². The lowest BCUT2D eigenvalue weighted by Crippen LogP contribution is -2.02. The van der Waals surface area contributed by atoms with Crippen molar-refractivity contribution in [1.29, 1.82) is 0 Å². The van der Waals surface area contributed by atoms with Crippen molar-refractivity contribution in [3.8, 4) is 0 Å². The minimum atomic E-state index is 0.514. The van der Waals surface area contributed by atoms with E-state index in [9.17, 15) is 0 Å². The summed E-state index contributed by atoms with van der Waals surface area (Å²) in [6.45, 7) is 0.514. The number of nitrogens with one attached hydrogen (secondary N) is 2. The van der Waals surface area contributed by atoms with Crippen LogP contribution in [0.15, 0.2) is 24.5 Å². The quantitative estimate of drug-likeness (QED) is 0.700. The number of aromatic nitrogens is 2. The lowest BCUT2D eigenvalue weighted by molar-refractivity contribution is 0.221. The van der Waals surface area contributed by atoms with Crippen LogP contribution in [0.1, 0.15) is 0 Å². The van der Waals surface area contributed by atoms with Crippen LogP contribution < -0.4 is 5.32 Å². The summed E-state index contributed by atoms with van der Waals surface area (Å²) in [7, 11) is 1.65. The fourth-order valence-electron chi connectivity index (χ4n) is 1.20. The lowest BCUT2D eigenvalue weighted by Gasteiger charge is -2.03. The molecular formula is C9H11N3O. The van der Waals surface area contributed by atoms with Gasteiger partial charge in [-0.1, -0.05) is 0 Å². The van der Waals surface area contributed by atoms with Gasteiger partial charge in [-0.25, -0.2) is 4.98 Å². The fourth-order valence-corrected chi connectivity index (χ4v) is 1.20. The van der Waals surface area contributed by atoms with E-state index in [-0.39, 0.29) is 0 Å². The number of rotatable bonds is 3. The third-order valence-electron chi connectivity index (χ3n) is 1.84. The van der Waals surface area contributed by atoms with Gasteiger partial charge in [0, 0.05) is 12.8 Å². The van der Waals surface area contributed by atoms with Crippen LogP contribution in [-0.2, 0) is 4.74 Å². The van der Waals surface area contributed by atoms with Crippen molar-refractivity contribution in [3.05, 3.63) is 24.5 Å².